The first-order valence-electron chi connectivity index (χ1n) is 11.7. The number of anilines is 1. The summed E-state index contributed by atoms with van der Waals surface area (Å²) in [6.07, 6.45) is 5.41. The number of benzene rings is 2. The third-order valence-corrected chi connectivity index (χ3v) is 7.98. The van der Waals surface area contributed by atoms with Gasteiger partial charge in [-0.05, 0) is 72.6 Å². The van der Waals surface area contributed by atoms with E-state index in [1.807, 2.05) is 0 Å². The summed E-state index contributed by atoms with van der Waals surface area (Å²) in [5.74, 6) is 1.34. The van der Waals surface area contributed by atoms with Crippen molar-refractivity contribution in [2.45, 2.75) is 6.42 Å². The van der Waals surface area contributed by atoms with Gasteiger partial charge in [-0.15, -0.1) is 0 Å². The van der Waals surface area contributed by atoms with Crippen LogP contribution in [0.15, 0.2) is 60.7 Å². The zero-order chi connectivity index (χ0) is 23.6. The summed E-state index contributed by atoms with van der Waals surface area (Å²) < 4.78 is 10.5. The molecule has 6 atom stereocenters. The minimum atomic E-state index is -0.316. The van der Waals surface area contributed by atoms with Crippen LogP contribution >= 0.6 is 0 Å². The van der Waals surface area contributed by atoms with Crippen LogP contribution in [0, 0.1) is 35.5 Å². The zero-order valence-corrected chi connectivity index (χ0v) is 19.1. The van der Waals surface area contributed by atoms with E-state index in [2.05, 4.69) is 12.2 Å². The molecule has 1 aliphatic heterocycles. The van der Waals surface area contributed by atoms with Gasteiger partial charge in [0, 0.05) is 11.3 Å². The quantitative estimate of drug-likeness (QED) is 0.490. The van der Waals surface area contributed by atoms with Crippen LogP contribution < -0.4 is 14.4 Å². The maximum atomic E-state index is 13.7. The molecule has 1 heterocycles. The minimum absolute atomic E-state index is 0.123. The molecule has 174 valence electrons. The summed E-state index contributed by atoms with van der Waals surface area (Å²) in [6, 6.07) is 13.9. The van der Waals surface area contributed by atoms with Crippen molar-refractivity contribution in [3.8, 4) is 11.5 Å². The lowest BCUT2D eigenvalue weighted by atomic mass is 9.63. The van der Waals surface area contributed by atoms with Gasteiger partial charge in [-0.2, -0.15) is 0 Å². The normalized spacial score (nSPS) is 30.1. The van der Waals surface area contributed by atoms with Crippen LogP contribution in [0.3, 0.4) is 0 Å². The van der Waals surface area contributed by atoms with Crippen molar-refractivity contribution in [2.75, 3.05) is 25.8 Å². The highest BCUT2D eigenvalue weighted by atomic mass is 16.5. The molecule has 1 saturated heterocycles. The summed E-state index contributed by atoms with van der Waals surface area (Å²) in [6.45, 7) is -0.123. The Bertz CT molecular complexity index is 1170. The number of carbonyl (C=O) groups excluding carboxylic acids is 3. The number of methoxy groups -OCH3 is 2. The van der Waals surface area contributed by atoms with Gasteiger partial charge < -0.3 is 9.47 Å². The van der Waals surface area contributed by atoms with Gasteiger partial charge in [0.1, 0.15) is 18.2 Å². The molecular formula is C27H26N2O5. The summed E-state index contributed by atoms with van der Waals surface area (Å²) >= 11 is 0. The van der Waals surface area contributed by atoms with Gasteiger partial charge >= 0.3 is 0 Å². The van der Waals surface area contributed by atoms with E-state index in [0.29, 0.717) is 34.6 Å². The summed E-state index contributed by atoms with van der Waals surface area (Å²) in [7, 11) is 3.12. The third-order valence-electron chi connectivity index (χ3n) is 7.98. The predicted octanol–water partition coefficient (Wildman–Crippen LogP) is 3.36. The lowest BCUT2D eigenvalue weighted by molar-refractivity contribution is -0.140. The standard InChI is InChI=1S/C27H26N2O5/c1-33-17-8-6-16(7-9-17)28(25(30)15-4-3-5-18(12-15)34-2)14-29-26(31)23-19-10-11-20(22-13-21(19)22)24(23)27(29)32/h3-12,19-24H,13-14H2,1-2H3/t19-,20-,21-,22+,23+,24+/m1/s1. The fourth-order valence-corrected chi connectivity index (χ4v) is 6.24. The average Bonchev–Trinajstić information content (AvgIpc) is 3.67. The first-order valence-corrected chi connectivity index (χ1v) is 11.7. The Balaban J connectivity index is 1.34. The molecule has 7 heteroatoms. The van der Waals surface area contributed by atoms with Crippen LogP contribution in [0.2, 0.25) is 0 Å². The summed E-state index contributed by atoms with van der Waals surface area (Å²) in [5, 5.41) is 0. The number of allylic oxidation sites excluding steroid dienone is 2. The molecule has 5 aliphatic rings. The predicted molar refractivity (Wildman–Crippen MR) is 124 cm³/mol. The fourth-order valence-electron chi connectivity index (χ4n) is 6.24. The second-order valence-corrected chi connectivity index (χ2v) is 9.56. The van der Waals surface area contributed by atoms with Gasteiger partial charge in [0.25, 0.3) is 5.91 Å². The van der Waals surface area contributed by atoms with Crippen molar-refractivity contribution in [3.63, 3.8) is 0 Å². The van der Waals surface area contributed by atoms with E-state index in [9.17, 15) is 14.4 Å². The molecule has 2 aromatic carbocycles. The highest BCUT2D eigenvalue weighted by molar-refractivity contribution is 6.10. The van der Waals surface area contributed by atoms with E-state index in [1.165, 1.54) is 9.80 Å². The van der Waals surface area contributed by atoms with Crippen molar-refractivity contribution in [1.29, 1.82) is 0 Å². The van der Waals surface area contributed by atoms with Gasteiger partial charge in [-0.1, -0.05) is 18.2 Å². The Morgan fingerprint density at radius 1 is 0.912 bits per heavy atom. The summed E-state index contributed by atoms with van der Waals surface area (Å²) in [4.78, 5) is 43.5. The maximum Gasteiger partial charge on any atom is 0.259 e. The molecule has 0 spiro atoms. The van der Waals surface area contributed by atoms with Crippen molar-refractivity contribution in [3.05, 3.63) is 66.2 Å². The summed E-state index contributed by atoms with van der Waals surface area (Å²) in [5.41, 5.74) is 0.989. The Hall–Kier alpha value is -3.61. The monoisotopic (exact) mass is 458 g/mol. The van der Waals surface area contributed by atoms with Crippen molar-refractivity contribution >= 4 is 23.4 Å². The molecule has 2 aromatic rings. The number of nitrogens with zero attached hydrogens (tertiary/aromatic N) is 2. The van der Waals surface area contributed by atoms with Crippen LogP contribution in [0.4, 0.5) is 5.69 Å². The molecule has 2 bridgehead atoms. The minimum Gasteiger partial charge on any atom is -0.497 e. The Labute approximate surface area is 197 Å². The molecule has 3 amide bonds. The molecule has 34 heavy (non-hydrogen) atoms. The molecule has 0 aromatic heterocycles. The second-order valence-electron chi connectivity index (χ2n) is 9.56. The Morgan fingerprint density at radius 3 is 2.12 bits per heavy atom. The molecule has 0 N–H and O–H groups in total. The number of rotatable bonds is 6. The number of hydrogen-bond acceptors (Lipinski definition) is 5. The van der Waals surface area contributed by atoms with Gasteiger partial charge in [-0.3, -0.25) is 24.2 Å². The molecule has 2 saturated carbocycles. The highest BCUT2D eigenvalue weighted by Gasteiger charge is 2.67. The van der Waals surface area contributed by atoms with Crippen LogP contribution in [0.1, 0.15) is 16.8 Å². The van der Waals surface area contributed by atoms with Crippen LogP contribution in [0.5, 0.6) is 11.5 Å². The number of hydrogen-bond donors (Lipinski definition) is 0. The van der Waals surface area contributed by atoms with E-state index in [4.69, 9.17) is 9.47 Å². The average molecular weight is 459 g/mol. The van der Waals surface area contributed by atoms with Crippen LogP contribution in [0.25, 0.3) is 0 Å². The number of ether oxygens (including phenoxy) is 2. The molecule has 3 fully saturated rings. The smallest absolute Gasteiger partial charge is 0.259 e. The fraction of sp³-hybridized carbons (Fsp3) is 0.370. The van der Waals surface area contributed by atoms with Gasteiger partial charge in [-0.25, -0.2) is 0 Å². The lowest BCUT2D eigenvalue weighted by Crippen LogP contribution is -2.45. The van der Waals surface area contributed by atoms with Crippen LogP contribution in [-0.2, 0) is 9.59 Å². The molecular weight excluding hydrogens is 432 g/mol. The van der Waals surface area contributed by atoms with Crippen molar-refractivity contribution in [1.82, 2.24) is 4.90 Å². The van der Waals surface area contributed by atoms with E-state index in [-0.39, 0.29) is 48.1 Å². The molecule has 4 aliphatic carbocycles. The second kappa shape index (κ2) is 7.72. The van der Waals surface area contributed by atoms with E-state index in [0.717, 1.165) is 6.42 Å². The van der Waals surface area contributed by atoms with E-state index < -0.39 is 0 Å². The highest BCUT2D eigenvalue weighted by Crippen LogP contribution is 2.65. The van der Waals surface area contributed by atoms with Crippen LogP contribution in [-0.4, -0.2) is 43.5 Å². The van der Waals surface area contributed by atoms with Gasteiger partial charge in [0.2, 0.25) is 11.8 Å². The Morgan fingerprint density at radius 2 is 1.53 bits per heavy atom. The Kier molecular flexibility index (Phi) is 4.76. The van der Waals surface area contributed by atoms with Gasteiger partial charge in [0.15, 0.2) is 0 Å². The molecule has 7 nitrogen and oxygen atoms in total. The molecule has 0 radical (unpaired) electrons. The van der Waals surface area contributed by atoms with Gasteiger partial charge in [0.05, 0.1) is 26.1 Å². The zero-order valence-electron chi connectivity index (χ0n) is 19.1. The largest absolute Gasteiger partial charge is 0.497 e. The number of likely N-dealkylation sites (tertiary alicyclic amines) is 1. The van der Waals surface area contributed by atoms with Crippen molar-refractivity contribution in [2.24, 2.45) is 35.5 Å². The number of imide groups is 1. The third kappa shape index (κ3) is 3.06. The maximum absolute atomic E-state index is 13.7. The number of amides is 3. The van der Waals surface area contributed by atoms with E-state index in [1.54, 1.807) is 62.8 Å². The lowest BCUT2D eigenvalue weighted by Gasteiger charge is -2.37. The molecule has 0 unspecified atom stereocenters. The SMILES string of the molecule is COc1ccc(N(CN2C(=O)[C@H]3[C@@H]4C=C[C@H]([C@@H]5C[C@H]45)[C@@H]3C2=O)C(=O)c2cccc(OC)c2)cc1. The first-order chi connectivity index (χ1) is 16.5. The first kappa shape index (κ1) is 21.0. The number of carbonyl (C=O) groups is 3. The van der Waals surface area contributed by atoms with E-state index >= 15 is 0 Å². The van der Waals surface area contributed by atoms with Crippen molar-refractivity contribution < 1.29 is 23.9 Å². The molecule has 7 rings (SSSR count). The topological polar surface area (TPSA) is 76.2 Å².